The summed E-state index contributed by atoms with van der Waals surface area (Å²) in [6.45, 7) is 0. The number of anilines is 1. The summed E-state index contributed by atoms with van der Waals surface area (Å²) in [6, 6.07) is 5.58. The third kappa shape index (κ3) is 4.60. The molecular weight excluding hydrogens is 448 g/mol. The van der Waals surface area contributed by atoms with E-state index in [1.54, 1.807) is 0 Å². The lowest BCUT2D eigenvalue weighted by Crippen LogP contribution is -2.16. The average molecular weight is 467 g/mol. The molecule has 1 N–H and O–H groups in total. The zero-order chi connectivity index (χ0) is 20.4. The summed E-state index contributed by atoms with van der Waals surface area (Å²) < 4.78 is 6.84. The summed E-state index contributed by atoms with van der Waals surface area (Å²) in [5.74, 6) is -0.319. The van der Waals surface area contributed by atoms with E-state index in [-0.39, 0.29) is 17.6 Å². The Morgan fingerprint density at radius 2 is 2.07 bits per heavy atom. The lowest BCUT2D eigenvalue weighted by molar-refractivity contribution is -0.113. The van der Waals surface area contributed by atoms with Gasteiger partial charge in [-0.15, -0.1) is 22.7 Å². The van der Waals surface area contributed by atoms with E-state index in [0.29, 0.717) is 15.6 Å². The summed E-state index contributed by atoms with van der Waals surface area (Å²) in [5.41, 5.74) is 2.41. The molecule has 2 heterocycles. The number of halogens is 1. The number of aromatic nitrogens is 1. The zero-order valence-corrected chi connectivity index (χ0v) is 19.0. The van der Waals surface area contributed by atoms with E-state index in [0.717, 1.165) is 52.2 Å². The van der Waals surface area contributed by atoms with Crippen LogP contribution in [0.15, 0.2) is 22.5 Å². The second-order valence-corrected chi connectivity index (χ2v) is 10.5. The van der Waals surface area contributed by atoms with Gasteiger partial charge >= 0.3 is 5.97 Å². The molecule has 0 atom stereocenters. The number of fused-ring (bicyclic) bond motifs is 2. The Labute approximate surface area is 185 Å². The molecule has 152 valence electrons. The minimum Gasteiger partial charge on any atom is -0.465 e. The Kier molecular flexibility index (Phi) is 6.44. The zero-order valence-electron chi connectivity index (χ0n) is 15.7. The van der Waals surface area contributed by atoms with E-state index in [4.69, 9.17) is 16.3 Å². The molecule has 5 nitrogen and oxygen atoms in total. The molecule has 1 aliphatic carbocycles. The molecule has 0 aliphatic heterocycles. The van der Waals surface area contributed by atoms with Gasteiger partial charge in [-0.1, -0.05) is 29.8 Å². The number of nitrogens with one attached hydrogen (secondary N) is 1. The molecule has 1 amide bonds. The van der Waals surface area contributed by atoms with Crippen molar-refractivity contribution in [1.29, 1.82) is 0 Å². The van der Waals surface area contributed by atoms with Crippen LogP contribution in [0.2, 0.25) is 5.02 Å². The number of hydrogen-bond acceptors (Lipinski definition) is 7. The van der Waals surface area contributed by atoms with Crippen molar-refractivity contribution in [2.75, 3.05) is 18.2 Å². The predicted octanol–water partition coefficient (Wildman–Crippen LogP) is 5.80. The molecule has 0 bridgehead atoms. The quantitative estimate of drug-likeness (QED) is 0.292. The molecule has 0 spiro atoms. The number of nitrogens with zero attached hydrogens (tertiary/aromatic N) is 1. The van der Waals surface area contributed by atoms with Crippen molar-refractivity contribution in [3.8, 4) is 0 Å². The number of hydrogen-bond donors (Lipinski definition) is 1. The van der Waals surface area contributed by atoms with Crippen molar-refractivity contribution in [3.63, 3.8) is 0 Å². The van der Waals surface area contributed by atoms with Crippen LogP contribution >= 0.6 is 46.0 Å². The smallest absolute Gasteiger partial charge is 0.341 e. The number of carbonyl (C=O) groups excluding carboxylic acids is 2. The number of ether oxygens (including phenoxy) is 1. The summed E-state index contributed by atoms with van der Waals surface area (Å²) in [5, 5.41) is 4.18. The largest absolute Gasteiger partial charge is 0.465 e. The van der Waals surface area contributed by atoms with E-state index in [2.05, 4.69) is 10.3 Å². The first-order valence-electron chi connectivity index (χ1n) is 9.26. The number of methoxy groups -OCH3 is 1. The highest BCUT2D eigenvalue weighted by atomic mass is 35.5. The van der Waals surface area contributed by atoms with Crippen LogP contribution < -0.4 is 5.32 Å². The lowest BCUT2D eigenvalue weighted by atomic mass is 10.1. The number of benzene rings is 1. The van der Waals surface area contributed by atoms with Crippen LogP contribution in [-0.4, -0.2) is 29.7 Å². The number of thiophene rings is 1. The van der Waals surface area contributed by atoms with Gasteiger partial charge in [-0.3, -0.25) is 4.79 Å². The Balaban J connectivity index is 1.48. The maximum atomic E-state index is 12.6. The predicted molar refractivity (Wildman–Crippen MR) is 121 cm³/mol. The molecule has 9 heteroatoms. The molecule has 4 rings (SSSR count). The van der Waals surface area contributed by atoms with Gasteiger partial charge in [0, 0.05) is 9.90 Å². The van der Waals surface area contributed by atoms with Gasteiger partial charge in [0.25, 0.3) is 0 Å². The number of amides is 1. The first-order valence-corrected chi connectivity index (χ1v) is 12.3. The minimum absolute atomic E-state index is 0.158. The van der Waals surface area contributed by atoms with Crippen LogP contribution in [-0.2, 0) is 22.4 Å². The van der Waals surface area contributed by atoms with E-state index < -0.39 is 0 Å². The molecule has 0 saturated heterocycles. The van der Waals surface area contributed by atoms with Gasteiger partial charge in [-0.25, -0.2) is 9.78 Å². The van der Waals surface area contributed by atoms with Crippen molar-refractivity contribution >= 4 is 73.1 Å². The van der Waals surface area contributed by atoms with Gasteiger partial charge in [0.1, 0.15) is 5.00 Å². The van der Waals surface area contributed by atoms with Crippen LogP contribution in [0, 0.1) is 0 Å². The highest BCUT2D eigenvalue weighted by molar-refractivity contribution is 8.01. The lowest BCUT2D eigenvalue weighted by Gasteiger charge is -2.07. The number of rotatable bonds is 5. The summed E-state index contributed by atoms with van der Waals surface area (Å²) in [6.07, 6.45) is 5.13. The maximum absolute atomic E-state index is 12.6. The number of aryl methyl sites for hydroxylation is 1. The molecular formula is C20H19ClN2O3S3. The van der Waals surface area contributed by atoms with Gasteiger partial charge < -0.3 is 10.1 Å². The van der Waals surface area contributed by atoms with Gasteiger partial charge in [0.15, 0.2) is 4.34 Å². The Morgan fingerprint density at radius 3 is 2.90 bits per heavy atom. The second kappa shape index (κ2) is 9.04. The highest BCUT2D eigenvalue weighted by Gasteiger charge is 2.26. The fourth-order valence-corrected chi connectivity index (χ4v) is 6.69. The topological polar surface area (TPSA) is 68.3 Å². The van der Waals surface area contributed by atoms with Crippen LogP contribution in [0.25, 0.3) is 10.2 Å². The summed E-state index contributed by atoms with van der Waals surface area (Å²) >= 11 is 10.4. The number of thiazole rings is 1. The number of thioether (sulfide) groups is 1. The Bertz CT molecular complexity index is 1080. The van der Waals surface area contributed by atoms with E-state index in [1.807, 2.05) is 18.2 Å². The monoisotopic (exact) mass is 466 g/mol. The summed E-state index contributed by atoms with van der Waals surface area (Å²) in [4.78, 5) is 30.7. The number of carbonyl (C=O) groups is 2. The molecule has 1 aromatic carbocycles. The van der Waals surface area contributed by atoms with E-state index in [1.165, 1.54) is 46.4 Å². The number of esters is 1. The van der Waals surface area contributed by atoms with Crippen LogP contribution in [0.5, 0.6) is 0 Å². The Hall–Kier alpha value is -1.61. The van der Waals surface area contributed by atoms with Gasteiger partial charge in [-0.2, -0.15) is 0 Å². The van der Waals surface area contributed by atoms with Gasteiger partial charge in [-0.05, 0) is 49.4 Å². The fourth-order valence-electron chi connectivity index (χ4n) is 3.38. The molecule has 0 radical (unpaired) electrons. The fraction of sp³-hybridized carbons (Fsp3) is 0.350. The van der Waals surface area contributed by atoms with Gasteiger partial charge in [0.05, 0.1) is 28.6 Å². The standard InChI is InChI=1S/C20H19ClN2O3S3/c1-26-19(25)17-12-5-3-2-4-6-14(12)28-18(17)23-16(24)10-27-20-22-13-9-11(21)7-8-15(13)29-20/h7-9H,2-6,10H2,1H3,(H,23,24). The van der Waals surface area contributed by atoms with Crippen LogP contribution in [0.4, 0.5) is 5.00 Å². The molecule has 2 aromatic heterocycles. The van der Waals surface area contributed by atoms with Gasteiger partial charge in [0.2, 0.25) is 5.91 Å². The molecule has 29 heavy (non-hydrogen) atoms. The average Bonchev–Trinajstić information content (AvgIpc) is 3.18. The Morgan fingerprint density at radius 1 is 1.24 bits per heavy atom. The minimum atomic E-state index is -0.379. The maximum Gasteiger partial charge on any atom is 0.341 e. The third-order valence-corrected chi connectivity index (χ3v) is 8.34. The summed E-state index contributed by atoms with van der Waals surface area (Å²) in [7, 11) is 1.38. The molecule has 1 aliphatic rings. The van der Waals surface area contributed by atoms with Crippen molar-refractivity contribution in [3.05, 3.63) is 39.2 Å². The normalized spacial score (nSPS) is 13.7. The first kappa shape index (κ1) is 20.7. The molecule has 0 saturated carbocycles. The van der Waals surface area contributed by atoms with E-state index in [9.17, 15) is 9.59 Å². The van der Waals surface area contributed by atoms with Crippen molar-refractivity contribution in [1.82, 2.24) is 4.98 Å². The SMILES string of the molecule is COC(=O)c1c(NC(=O)CSc2nc3cc(Cl)ccc3s2)sc2c1CCCCC2. The first-order chi connectivity index (χ1) is 14.0. The van der Waals surface area contributed by atoms with E-state index >= 15 is 0 Å². The van der Waals surface area contributed by atoms with Crippen LogP contribution in [0.1, 0.15) is 40.1 Å². The third-order valence-electron chi connectivity index (χ3n) is 4.72. The van der Waals surface area contributed by atoms with Crippen molar-refractivity contribution in [2.24, 2.45) is 0 Å². The molecule has 3 aromatic rings. The molecule has 0 unspecified atom stereocenters. The van der Waals surface area contributed by atoms with Crippen LogP contribution in [0.3, 0.4) is 0 Å². The highest BCUT2D eigenvalue weighted by Crippen LogP contribution is 2.38. The van der Waals surface area contributed by atoms with Crippen molar-refractivity contribution < 1.29 is 14.3 Å². The molecule has 0 fully saturated rings. The van der Waals surface area contributed by atoms with Crippen molar-refractivity contribution in [2.45, 2.75) is 36.4 Å². The second-order valence-electron chi connectivity index (χ2n) is 6.69.